The molecule has 3 nitrogen and oxygen atoms in total. The normalized spacial score (nSPS) is 10.6. The number of carbonyl (C=O) groups is 1. The van der Waals surface area contributed by atoms with Gasteiger partial charge in [0, 0.05) is 16.8 Å². The van der Waals surface area contributed by atoms with Gasteiger partial charge >= 0.3 is 0 Å². The topological polar surface area (TPSA) is 42.0 Å². The number of hydrogen-bond acceptors (Lipinski definition) is 4. The molecule has 1 N–H and O–H groups in total. The summed E-state index contributed by atoms with van der Waals surface area (Å²) in [6.07, 6.45) is 0.335. The third kappa shape index (κ3) is 3.81. The molecular formula is C17H16N2OS2. The van der Waals surface area contributed by atoms with Gasteiger partial charge in [0.15, 0.2) is 0 Å². The molecule has 0 atom stereocenters. The smallest absolute Gasteiger partial charge is 0.227 e. The molecule has 0 unspecified atom stereocenters. The zero-order valence-electron chi connectivity index (χ0n) is 12.2. The fourth-order valence-electron chi connectivity index (χ4n) is 2.07. The monoisotopic (exact) mass is 328 g/mol. The van der Waals surface area contributed by atoms with Crippen LogP contribution in [0.25, 0.3) is 10.6 Å². The second kappa shape index (κ2) is 6.85. The van der Waals surface area contributed by atoms with Crippen LogP contribution in [-0.4, -0.2) is 10.9 Å². The highest BCUT2D eigenvalue weighted by Gasteiger charge is 2.10. The maximum absolute atomic E-state index is 12.0. The molecule has 0 aliphatic rings. The lowest BCUT2D eigenvalue weighted by Crippen LogP contribution is -2.24. The van der Waals surface area contributed by atoms with E-state index in [9.17, 15) is 4.79 Å². The molecule has 0 aliphatic heterocycles. The van der Waals surface area contributed by atoms with Crippen LogP contribution in [0.3, 0.4) is 0 Å². The van der Waals surface area contributed by atoms with Crippen molar-refractivity contribution in [1.29, 1.82) is 0 Å². The molecule has 1 aromatic carbocycles. The Bertz CT molecular complexity index is 762. The van der Waals surface area contributed by atoms with Crippen molar-refractivity contribution in [2.75, 3.05) is 0 Å². The van der Waals surface area contributed by atoms with Crippen molar-refractivity contribution >= 4 is 28.6 Å². The quantitative estimate of drug-likeness (QED) is 0.768. The molecule has 3 aromatic rings. The first-order chi connectivity index (χ1) is 10.7. The summed E-state index contributed by atoms with van der Waals surface area (Å²) in [4.78, 5) is 19.0. The van der Waals surface area contributed by atoms with Crippen molar-refractivity contribution in [2.45, 2.75) is 19.9 Å². The number of aromatic nitrogens is 1. The van der Waals surface area contributed by atoms with Crippen molar-refractivity contribution in [3.8, 4) is 10.6 Å². The molecule has 0 saturated heterocycles. The molecule has 112 valence electrons. The molecule has 3 rings (SSSR count). The van der Waals surface area contributed by atoms with Gasteiger partial charge in [-0.15, -0.1) is 22.7 Å². The zero-order chi connectivity index (χ0) is 15.4. The summed E-state index contributed by atoms with van der Waals surface area (Å²) >= 11 is 3.26. The van der Waals surface area contributed by atoms with E-state index in [2.05, 4.69) is 29.4 Å². The van der Waals surface area contributed by atoms with Gasteiger partial charge in [0.1, 0.15) is 5.01 Å². The number of benzene rings is 1. The number of aryl methyl sites for hydroxylation is 1. The third-order valence-corrected chi connectivity index (χ3v) is 5.06. The molecule has 5 heteroatoms. The number of hydrogen-bond donors (Lipinski definition) is 1. The Kier molecular flexibility index (Phi) is 4.65. The van der Waals surface area contributed by atoms with Crippen LogP contribution in [0.4, 0.5) is 0 Å². The van der Waals surface area contributed by atoms with Crippen molar-refractivity contribution in [1.82, 2.24) is 10.3 Å². The SMILES string of the molecule is Cc1ccc(-c2csc(CC(=O)NCc3ccccc3)n2)s1. The second-order valence-corrected chi connectivity index (χ2v) is 7.21. The van der Waals surface area contributed by atoms with E-state index in [1.807, 2.05) is 35.7 Å². The first kappa shape index (κ1) is 14.9. The van der Waals surface area contributed by atoms with Gasteiger partial charge in [-0.25, -0.2) is 4.98 Å². The largest absolute Gasteiger partial charge is 0.352 e. The number of thiophene rings is 1. The van der Waals surface area contributed by atoms with E-state index >= 15 is 0 Å². The van der Waals surface area contributed by atoms with Crippen LogP contribution >= 0.6 is 22.7 Å². The van der Waals surface area contributed by atoms with E-state index in [0.717, 1.165) is 21.1 Å². The van der Waals surface area contributed by atoms with Gasteiger partial charge in [0.25, 0.3) is 0 Å². The molecule has 0 radical (unpaired) electrons. The van der Waals surface area contributed by atoms with Gasteiger partial charge in [-0.3, -0.25) is 4.79 Å². The molecular weight excluding hydrogens is 312 g/mol. The zero-order valence-corrected chi connectivity index (χ0v) is 13.8. The standard InChI is InChI=1S/C17H16N2OS2/c1-12-7-8-15(22-12)14-11-21-17(19-14)9-16(20)18-10-13-5-3-2-4-6-13/h2-8,11H,9-10H2,1H3,(H,18,20). The predicted octanol–water partition coefficient (Wildman–Crippen LogP) is 4.04. The lowest BCUT2D eigenvalue weighted by molar-refractivity contribution is -0.120. The molecule has 0 aliphatic carbocycles. The lowest BCUT2D eigenvalue weighted by atomic mass is 10.2. The van der Waals surface area contributed by atoms with Crippen LogP contribution < -0.4 is 5.32 Å². The molecule has 0 fully saturated rings. The summed E-state index contributed by atoms with van der Waals surface area (Å²) in [6, 6.07) is 14.1. The first-order valence-corrected chi connectivity index (χ1v) is 8.72. The van der Waals surface area contributed by atoms with Crippen molar-refractivity contribution in [3.05, 3.63) is 63.3 Å². The van der Waals surface area contributed by atoms with Crippen LogP contribution in [0.5, 0.6) is 0 Å². The number of thiazole rings is 1. The van der Waals surface area contributed by atoms with E-state index in [0.29, 0.717) is 13.0 Å². The van der Waals surface area contributed by atoms with Crippen LogP contribution in [-0.2, 0) is 17.8 Å². The van der Waals surface area contributed by atoms with Crippen LogP contribution in [0.1, 0.15) is 15.4 Å². The maximum atomic E-state index is 12.0. The summed E-state index contributed by atoms with van der Waals surface area (Å²) in [5.41, 5.74) is 2.07. The van der Waals surface area contributed by atoms with Crippen LogP contribution in [0.2, 0.25) is 0 Å². The van der Waals surface area contributed by atoms with Crippen molar-refractivity contribution in [3.63, 3.8) is 0 Å². The van der Waals surface area contributed by atoms with E-state index in [1.54, 1.807) is 11.3 Å². The van der Waals surface area contributed by atoms with Crippen molar-refractivity contribution in [2.24, 2.45) is 0 Å². The fraction of sp³-hybridized carbons (Fsp3) is 0.176. The fourth-order valence-corrected chi connectivity index (χ4v) is 3.77. The number of nitrogens with zero attached hydrogens (tertiary/aromatic N) is 1. The van der Waals surface area contributed by atoms with Gasteiger partial charge in [0.05, 0.1) is 17.0 Å². The highest BCUT2D eigenvalue weighted by Crippen LogP contribution is 2.28. The van der Waals surface area contributed by atoms with Gasteiger partial charge in [-0.1, -0.05) is 30.3 Å². The minimum absolute atomic E-state index is 0.00659. The third-order valence-electron chi connectivity index (χ3n) is 3.19. The number of carbonyl (C=O) groups excluding carboxylic acids is 1. The van der Waals surface area contributed by atoms with E-state index < -0.39 is 0 Å². The molecule has 2 aromatic heterocycles. The number of nitrogens with one attached hydrogen (secondary N) is 1. The lowest BCUT2D eigenvalue weighted by Gasteiger charge is -2.03. The summed E-state index contributed by atoms with van der Waals surface area (Å²) in [6.45, 7) is 2.64. The van der Waals surface area contributed by atoms with Gasteiger partial charge in [-0.05, 0) is 24.6 Å². The predicted molar refractivity (Wildman–Crippen MR) is 92.2 cm³/mol. The Balaban J connectivity index is 1.57. The molecule has 0 saturated carbocycles. The van der Waals surface area contributed by atoms with E-state index in [-0.39, 0.29) is 5.91 Å². The second-order valence-electron chi connectivity index (χ2n) is 4.98. The minimum atomic E-state index is 0.00659. The molecule has 1 amide bonds. The van der Waals surface area contributed by atoms with Gasteiger partial charge < -0.3 is 5.32 Å². The van der Waals surface area contributed by atoms with Crippen LogP contribution in [0.15, 0.2) is 47.8 Å². The Morgan fingerprint density at radius 1 is 1.18 bits per heavy atom. The molecule has 22 heavy (non-hydrogen) atoms. The highest BCUT2D eigenvalue weighted by atomic mass is 32.1. The summed E-state index contributed by atoms with van der Waals surface area (Å²) in [5, 5.41) is 5.80. The molecule has 2 heterocycles. The summed E-state index contributed by atoms with van der Waals surface area (Å²) in [7, 11) is 0. The average Bonchev–Trinajstić information content (AvgIpc) is 3.15. The Hall–Kier alpha value is -1.98. The van der Waals surface area contributed by atoms with Crippen molar-refractivity contribution < 1.29 is 4.79 Å². The summed E-state index contributed by atoms with van der Waals surface area (Å²) in [5.74, 6) is 0.00659. The van der Waals surface area contributed by atoms with E-state index in [4.69, 9.17) is 0 Å². The first-order valence-electron chi connectivity index (χ1n) is 7.02. The molecule has 0 spiro atoms. The molecule has 0 bridgehead atoms. The Morgan fingerprint density at radius 3 is 2.73 bits per heavy atom. The maximum Gasteiger partial charge on any atom is 0.227 e. The Labute approximate surface area is 137 Å². The van der Waals surface area contributed by atoms with Crippen LogP contribution in [0, 0.1) is 6.92 Å². The number of rotatable bonds is 5. The average molecular weight is 328 g/mol. The van der Waals surface area contributed by atoms with Gasteiger partial charge in [-0.2, -0.15) is 0 Å². The van der Waals surface area contributed by atoms with Gasteiger partial charge in [0.2, 0.25) is 5.91 Å². The number of amides is 1. The van der Waals surface area contributed by atoms with E-state index in [1.165, 1.54) is 16.2 Å². The Morgan fingerprint density at radius 2 is 2.00 bits per heavy atom. The minimum Gasteiger partial charge on any atom is -0.352 e. The highest BCUT2D eigenvalue weighted by molar-refractivity contribution is 7.16. The summed E-state index contributed by atoms with van der Waals surface area (Å²) < 4.78 is 0.